The molecule has 0 nitrogen and oxygen atoms in total. The largest absolute Gasteiger partial charge is 0.207 e. The van der Waals surface area contributed by atoms with Crippen molar-refractivity contribution in [2.24, 2.45) is 0 Å². The number of hydrogen-bond donors (Lipinski definition) is 0. The average molecular weight is 320 g/mol. The molecule has 1 aromatic carbocycles. The summed E-state index contributed by atoms with van der Waals surface area (Å²) in [5.41, 5.74) is 1.94. The van der Waals surface area contributed by atoms with Crippen molar-refractivity contribution < 1.29 is 4.39 Å². The zero-order chi connectivity index (χ0) is 11.7. The first-order chi connectivity index (χ1) is 7.58. The molecule has 0 radical (unpaired) electrons. The van der Waals surface area contributed by atoms with Crippen LogP contribution in [0.2, 0.25) is 0 Å². The van der Waals surface area contributed by atoms with E-state index in [1.807, 2.05) is 19.1 Å². The number of aryl methyl sites for hydroxylation is 1. The third-order valence-electron chi connectivity index (χ3n) is 2.27. The maximum Gasteiger partial charge on any atom is 0.123 e. The Hall–Kier alpha value is -0.380. The SMILES string of the molecule is Cc1cc(C(Cl)c2cccc(F)c2)sc1Br. The molecule has 1 heterocycles. The minimum Gasteiger partial charge on any atom is -0.207 e. The topological polar surface area (TPSA) is 0 Å². The van der Waals surface area contributed by atoms with Crippen molar-refractivity contribution in [3.05, 3.63) is 55.9 Å². The quantitative estimate of drug-likeness (QED) is 0.660. The molecule has 0 spiro atoms. The van der Waals surface area contributed by atoms with Crippen molar-refractivity contribution >= 4 is 38.9 Å². The molecule has 1 unspecified atom stereocenters. The molecule has 0 saturated heterocycles. The first kappa shape index (κ1) is 12.1. The van der Waals surface area contributed by atoms with Crippen molar-refractivity contribution in [1.82, 2.24) is 0 Å². The summed E-state index contributed by atoms with van der Waals surface area (Å²) in [6, 6.07) is 8.43. The third-order valence-corrected chi connectivity index (χ3v) is 5.09. The fraction of sp³-hybridized carbons (Fsp3) is 0.167. The molecule has 84 valence electrons. The first-order valence-corrected chi connectivity index (χ1v) is 6.78. The highest BCUT2D eigenvalue weighted by Crippen LogP contribution is 2.37. The normalized spacial score (nSPS) is 12.8. The molecule has 0 amide bonds. The van der Waals surface area contributed by atoms with Gasteiger partial charge >= 0.3 is 0 Å². The Kier molecular flexibility index (Phi) is 3.67. The lowest BCUT2D eigenvalue weighted by Gasteiger charge is -2.07. The van der Waals surface area contributed by atoms with E-state index >= 15 is 0 Å². The zero-order valence-electron chi connectivity index (χ0n) is 8.51. The van der Waals surface area contributed by atoms with Crippen LogP contribution in [0, 0.1) is 12.7 Å². The monoisotopic (exact) mass is 318 g/mol. The lowest BCUT2D eigenvalue weighted by atomic mass is 10.1. The van der Waals surface area contributed by atoms with Gasteiger partial charge in [0.05, 0.1) is 9.16 Å². The van der Waals surface area contributed by atoms with Crippen LogP contribution in [0.15, 0.2) is 34.1 Å². The molecule has 0 saturated carbocycles. The lowest BCUT2D eigenvalue weighted by molar-refractivity contribution is 0.626. The summed E-state index contributed by atoms with van der Waals surface area (Å²) >= 11 is 11.4. The van der Waals surface area contributed by atoms with E-state index in [9.17, 15) is 4.39 Å². The minimum atomic E-state index is -0.286. The molecule has 0 aliphatic rings. The summed E-state index contributed by atoms with van der Waals surface area (Å²) in [5.74, 6) is -0.254. The second-order valence-electron chi connectivity index (χ2n) is 3.52. The second-order valence-corrected chi connectivity index (χ2v) is 6.36. The molecular weight excluding hydrogens is 311 g/mol. The van der Waals surface area contributed by atoms with Crippen LogP contribution in [0.4, 0.5) is 4.39 Å². The van der Waals surface area contributed by atoms with E-state index in [1.54, 1.807) is 17.4 Å². The van der Waals surface area contributed by atoms with Gasteiger partial charge in [0.25, 0.3) is 0 Å². The Morgan fingerprint density at radius 1 is 1.38 bits per heavy atom. The second kappa shape index (κ2) is 4.86. The molecule has 4 heteroatoms. The summed E-state index contributed by atoms with van der Waals surface area (Å²) in [6.45, 7) is 2.01. The summed E-state index contributed by atoms with van der Waals surface area (Å²) < 4.78 is 14.1. The Morgan fingerprint density at radius 2 is 2.12 bits per heavy atom. The van der Waals surface area contributed by atoms with E-state index in [-0.39, 0.29) is 11.2 Å². The summed E-state index contributed by atoms with van der Waals surface area (Å²) in [5, 5.41) is -0.286. The molecule has 16 heavy (non-hydrogen) atoms. The molecule has 2 aromatic rings. The van der Waals surface area contributed by atoms with Gasteiger partial charge in [0, 0.05) is 4.88 Å². The minimum absolute atomic E-state index is 0.254. The van der Waals surface area contributed by atoms with Crippen LogP contribution in [0.3, 0.4) is 0 Å². The van der Waals surface area contributed by atoms with Gasteiger partial charge in [-0.15, -0.1) is 22.9 Å². The number of hydrogen-bond acceptors (Lipinski definition) is 1. The van der Waals surface area contributed by atoms with Gasteiger partial charge in [-0.3, -0.25) is 0 Å². The summed E-state index contributed by atoms with van der Waals surface area (Å²) in [6.07, 6.45) is 0. The van der Waals surface area contributed by atoms with E-state index in [4.69, 9.17) is 11.6 Å². The number of rotatable bonds is 2. The van der Waals surface area contributed by atoms with Crippen LogP contribution in [0.25, 0.3) is 0 Å². The molecule has 0 bridgehead atoms. The molecule has 0 aliphatic heterocycles. The van der Waals surface area contributed by atoms with Crippen LogP contribution in [0.5, 0.6) is 0 Å². The first-order valence-electron chi connectivity index (χ1n) is 4.73. The van der Waals surface area contributed by atoms with E-state index in [2.05, 4.69) is 15.9 Å². The van der Waals surface area contributed by atoms with Crippen LogP contribution in [-0.2, 0) is 0 Å². The smallest absolute Gasteiger partial charge is 0.123 e. The third kappa shape index (κ3) is 2.47. The van der Waals surface area contributed by atoms with Gasteiger partial charge in [0.1, 0.15) is 5.82 Å². The number of alkyl halides is 1. The van der Waals surface area contributed by atoms with Gasteiger partial charge in [-0.25, -0.2) is 4.39 Å². The standard InChI is InChI=1S/C12H9BrClFS/c1-7-5-10(16-12(7)13)11(14)8-3-2-4-9(15)6-8/h2-6,11H,1H3. The van der Waals surface area contributed by atoms with Crippen molar-refractivity contribution in [3.63, 3.8) is 0 Å². The molecule has 1 atom stereocenters. The van der Waals surface area contributed by atoms with Gasteiger partial charge < -0.3 is 0 Å². The van der Waals surface area contributed by atoms with Gasteiger partial charge in [0.2, 0.25) is 0 Å². The fourth-order valence-corrected chi connectivity index (χ4v) is 3.35. The highest BCUT2D eigenvalue weighted by atomic mass is 79.9. The predicted octanol–water partition coefficient (Wildman–Crippen LogP) is 5.29. The Balaban J connectivity index is 2.35. The highest BCUT2D eigenvalue weighted by molar-refractivity contribution is 9.11. The fourth-order valence-electron chi connectivity index (χ4n) is 1.44. The van der Waals surface area contributed by atoms with Crippen molar-refractivity contribution in [3.8, 4) is 0 Å². The number of halogens is 3. The molecular formula is C12H9BrClFS. The highest BCUT2D eigenvalue weighted by Gasteiger charge is 2.15. The van der Waals surface area contributed by atoms with E-state index in [0.717, 1.165) is 19.8 Å². The van der Waals surface area contributed by atoms with Gasteiger partial charge in [0.15, 0.2) is 0 Å². The average Bonchev–Trinajstić information content (AvgIpc) is 2.58. The van der Waals surface area contributed by atoms with E-state index < -0.39 is 0 Å². The van der Waals surface area contributed by atoms with Crippen LogP contribution >= 0.6 is 38.9 Å². The summed E-state index contributed by atoms with van der Waals surface area (Å²) in [7, 11) is 0. The molecule has 0 N–H and O–H groups in total. The van der Waals surface area contributed by atoms with E-state index in [0.29, 0.717) is 0 Å². The molecule has 2 rings (SSSR count). The Labute approximate surface area is 111 Å². The van der Waals surface area contributed by atoms with Crippen molar-refractivity contribution in [1.29, 1.82) is 0 Å². The summed E-state index contributed by atoms with van der Waals surface area (Å²) in [4.78, 5) is 1.02. The van der Waals surface area contributed by atoms with Crippen LogP contribution < -0.4 is 0 Å². The molecule has 0 fully saturated rings. The lowest BCUT2D eigenvalue weighted by Crippen LogP contribution is -1.90. The van der Waals surface area contributed by atoms with Crippen molar-refractivity contribution in [2.45, 2.75) is 12.3 Å². The van der Waals surface area contributed by atoms with Gasteiger partial charge in [-0.1, -0.05) is 12.1 Å². The Bertz CT molecular complexity index is 490. The van der Waals surface area contributed by atoms with Gasteiger partial charge in [-0.05, 0) is 52.2 Å². The predicted molar refractivity (Wildman–Crippen MR) is 70.9 cm³/mol. The zero-order valence-corrected chi connectivity index (χ0v) is 11.7. The maximum atomic E-state index is 13.1. The Morgan fingerprint density at radius 3 is 2.69 bits per heavy atom. The van der Waals surface area contributed by atoms with Gasteiger partial charge in [-0.2, -0.15) is 0 Å². The number of benzene rings is 1. The maximum absolute atomic E-state index is 13.1. The molecule has 1 aromatic heterocycles. The van der Waals surface area contributed by atoms with Crippen LogP contribution in [-0.4, -0.2) is 0 Å². The van der Waals surface area contributed by atoms with E-state index in [1.165, 1.54) is 12.1 Å². The molecule has 0 aliphatic carbocycles. The van der Waals surface area contributed by atoms with Crippen molar-refractivity contribution in [2.75, 3.05) is 0 Å². The van der Waals surface area contributed by atoms with Crippen LogP contribution in [0.1, 0.15) is 21.4 Å². The number of thiophene rings is 1.